The van der Waals surface area contributed by atoms with Crippen LogP contribution in [0.15, 0.2) is 22.7 Å². The zero-order valence-corrected chi connectivity index (χ0v) is 15.0. The Kier molecular flexibility index (Phi) is 5.29. The highest BCUT2D eigenvalue weighted by Crippen LogP contribution is 2.35. The minimum atomic E-state index is -1.22. The fourth-order valence-corrected chi connectivity index (χ4v) is 3.28. The van der Waals surface area contributed by atoms with Gasteiger partial charge in [-0.25, -0.2) is 9.18 Å². The van der Waals surface area contributed by atoms with Crippen molar-refractivity contribution in [1.82, 2.24) is 10.5 Å². The number of ether oxygens (including phenoxy) is 1. The van der Waals surface area contributed by atoms with Gasteiger partial charge >= 0.3 is 5.97 Å². The van der Waals surface area contributed by atoms with E-state index in [9.17, 15) is 19.1 Å². The molecule has 1 atom stereocenters. The van der Waals surface area contributed by atoms with Crippen molar-refractivity contribution in [3.63, 3.8) is 0 Å². The Morgan fingerprint density at radius 1 is 1.44 bits per heavy atom. The normalized spacial score (nSPS) is 16.9. The molecule has 1 aromatic heterocycles. The molecule has 144 valence electrons. The Hall–Kier alpha value is -3.10. The topological polar surface area (TPSA) is 105 Å². The molecule has 0 aliphatic carbocycles. The molecule has 1 unspecified atom stereocenters. The average molecular weight is 377 g/mol. The van der Waals surface area contributed by atoms with Gasteiger partial charge in [-0.3, -0.25) is 4.79 Å². The summed E-state index contributed by atoms with van der Waals surface area (Å²) in [4.78, 5) is 25.6. The maximum atomic E-state index is 13.7. The van der Waals surface area contributed by atoms with E-state index in [1.807, 2.05) is 0 Å². The molecule has 1 aliphatic heterocycles. The van der Waals surface area contributed by atoms with Crippen molar-refractivity contribution in [3.8, 4) is 17.1 Å². The van der Waals surface area contributed by atoms with Crippen LogP contribution in [0.3, 0.4) is 0 Å². The zero-order chi connectivity index (χ0) is 19.6. The summed E-state index contributed by atoms with van der Waals surface area (Å²) >= 11 is 0. The number of carboxylic acid groups (broad SMARTS) is 1. The van der Waals surface area contributed by atoms with Crippen molar-refractivity contribution in [2.75, 3.05) is 32.1 Å². The standard InChI is InChI=1S/C18H20FN3O5/c1-20-17(23)11-4-3-7-22(9-11)16-14(18(24)25)15(27-21-16)10-5-6-12(19)13(8-10)26-2/h5-6,8,11H,3-4,7,9H2,1-2H3,(H,20,23)(H,24,25). The molecule has 0 bridgehead atoms. The largest absolute Gasteiger partial charge is 0.494 e. The number of anilines is 1. The number of nitrogens with zero attached hydrogens (tertiary/aromatic N) is 2. The zero-order valence-electron chi connectivity index (χ0n) is 15.0. The molecule has 1 amide bonds. The van der Waals surface area contributed by atoms with Crippen LogP contribution in [0.2, 0.25) is 0 Å². The highest BCUT2D eigenvalue weighted by atomic mass is 19.1. The lowest BCUT2D eigenvalue weighted by molar-refractivity contribution is -0.124. The van der Waals surface area contributed by atoms with Crippen LogP contribution in [-0.4, -0.2) is 49.4 Å². The summed E-state index contributed by atoms with van der Waals surface area (Å²) in [7, 11) is 2.89. The first-order chi connectivity index (χ1) is 13.0. The van der Waals surface area contributed by atoms with Crippen LogP contribution in [-0.2, 0) is 4.79 Å². The van der Waals surface area contributed by atoms with Crippen molar-refractivity contribution >= 4 is 17.7 Å². The third kappa shape index (κ3) is 3.57. The van der Waals surface area contributed by atoms with Gasteiger partial charge in [0, 0.05) is 25.7 Å². The molecule has 0 radical (unpaired) electrons. The Morgan fingerprint density at radius 2 is 2.22 bits per heavy atom. The smallest absolute Gasteiger partial charge is 0.343 e. The molecule has 2 aromatic rings. The molecule has 1 aliphatic rings. The summed E-state index contributed by atoms with van der Waals surface area (Å²) in [6.07, 6.45) is 1.45. The number of carbonyl (C=O) groups is 2. The van der Waals surface area contributed by atoms with Gasteiger partial charge in [-0.1, -0.05) is 5.16 Å². The predicted octanol–water partition coefficient (Wildman–Crippen LogP) is 2.15. The second-order valence-corrected chi connectivity index (χ2v) is 6.26. The van der Waals surface area contributed by atoms with Crippen molar-refractivity contribution in [1.29, 1.82) is 0 Å². The van der Waals surface area contributed by atoms with E-state index in [0.717, 1.165) is 12.8 Å². The number of rotatable bonds is 5. The fraction of sp³-hybridized carbons (Fsp3) is 0.389. The van der Waals surface area contributed by atoms with Crippen molar-refractivity contribution in [2.24, 2.45) is 5.92 Å². The lowest BCUT2D eigenvalue weighted by Gasteiger charge is -2.31. The van der Waals surface area contributed by atoms with Crippen LogP contribution in [0, 0.1) is 11.7 Å². The molecular formula is C18H20FN3O5. The Morgan fingerprint density at radius 3 is 2.89 bits per heavy atom. The summed E-state index contributed by atoms with van der Waals surface area (Å²) < 4.78 is 23.9. The molecule has 1 fully saturated rings. The molecule has 27 heavy (non-hydrogen) atoms. The van der Waals surface area contributed by atoms with E-state index in [1.165, 1.54) is 25.3 Å². The third-order valence-electron chi connectivity index (χ3n) is 4.64. The van der Waals surface area contributed by atoms with Crippen molar-refractivity contribution in [2.45, 2.75) is 12.8 Å². The first-order valence-electron chi connectivity index (χ1n) is 8.49. The van der Waals surface area contributed by atoms with E-state index in [1.54, 1.807) is 11.9 Å². The Balaban J connectivity index is 1.99. The number of carboxylic acids is 1. The number of halogens is 1. The lowest BCUT2D eigenvalue weighted by atomic mass is 9.96. The van der Waals surface area contributed by atoms with Gasteiger partial charge in [0.1, 0.15) is 0 Å². The number of aromatic carboxylic acids is 1. The number of carbonyl (C=O) groups excluding carboxylic acids is 1. The lowest BCUT2D eigenvalue weighted by Crippen LogP contribution is -2.42. The second kappa shape index (κ2) is 7.65. The molecule has 9 heteroatoms. The molecule has 3 rings (SSSR count). The van der Waals surface area contributed by atoms with Crippen molar-refractivity contribution < 1.29 is 28.3 Å². The Bertz CT molecular complexity index is 867. The van der Waals surface area contributed by atoms with E-state index in [4.69, 9.17) is 9.26 Å². The van der Waals surface area contributed by atoms with E-state index < -0.39 is 11.8 Å². The summed E-state index contributed by atoms with van der Waals surface area (Å²) in [5.74, 6) is -1.99. The van der Waals surface area contributed by atoms with Crippen LogP contribution < -0.4 is 15.0 Å². The molecule has 2 heterocycles. The van der Waals surface area contributed by atoms with E-state index in [-0.39, 0.29) is 34.7 Å². The average Bonchev–Trinajstić information content (AvgIpc) is 3.13. The minimum Gasteiger partial charge on any atom is -0.494 e. The van der Waals surface area contributed by atoms with Gasteiger partial charge < -0.3 is 24.6 Å². The predicted molar refractivity (Wildman–Crippen MR) is 94.4 cm³/mol. The Labute approximate surface area is 154 Å². The maximum Gasteiger partial charge on any atom is 0.343 e. The van der Waals surface area contributed by atoms with Gasteiger partial charge in [-0.2, -0.15) is 0 Å². The van der Waals surface area contributed by atoms with Crippen LogP contribution in [0.25, 0.3) is 11.3 Å². The number of amides is 1. The number of aromatic nitrogens is 1. The fourth-order valence-electron chi connectivity index (χ4n) is 3.28. The summed E-state index contributed by atoms with van der Waals surface area (Å²) in [5, 5.41) is 16.3. The quantitative estimate of drug-likeness (QED) is 0.822. The van der Waals surface area contributed by atoms with E-state index >= 15 is 0 Å². The number of piperidine rings is 1. The van der Waals surface area contributed by atoms with Gasteiger partial charge in [-0.05, 0) is 31.0 Å². The first kappa shape index (κ1) is 18.7. The first-order valence-corrected chi connectivity index (χ1v) is 8.49. The third-order valence-corrected chi connectivity index (χ3v) is 4.64. The van der Waals surface area contributed by atoms with Crippen LogP contribution in [0.1, 0.15) is 23.2 Å². The second-order valence-electron chi connectivity index (χ2n) is 6.26. The number of hydrogen-bond acceptors (Lipinski definition) is 6. The summed E-state index contributed by atoms with van der Waals surface area (Å²) in [6.45, 7) is 0.908. The number of methoxy groups -OCH3 is 1. The minimum absolute atomic E-state index is 0.0119. The van der Waals surface area contributed by atoms with E-state index in [2.05, 4.69) is 10.5 Å². The monoisotopic (exact) mass is 377 g/mol. The SMILES string of the molecule is CNC(=O)C1CCCN(c2noc(-c3ccc(F)c(OC)c3)c2C(=O)O)C1. The summed E-state index contributed by atoms with van der Waals surface area (Å²) in [6, 6.07) is 3.93. The van der Waals surface area contributed by atoms with Crippen LogP contribution in [0.4, 0.5) is 10.2 Å². The van der Waals surface area contributed by atoms with Crippen LogP contribution in [0.5, 0.6) is 5.75 Å². The number of benzene rings is 1. The summed E-state index contributed by atoms with van der Waals surface area (Å²) in [5.41, 5.74) is 0.213. The molecule has 8 nitrogen and oxygen atoms in total. The molecule has 2 N–H and O–H groups in total. The van der Waals surface area contributed by atoms with Gasteiger partial charge in [-0.15, -0.1) is 0 Å². The van der Waals surface area contributed by atoms with Crippen molar-refractivity contribution in [3.05, 3.63) is 29.6 Å². The van der Waals surface area contributed by atoms with Gasteiger partial charge in [0.2, 0.25) is 5.91 Å². The maximum absolute atomic E-state index is 13.7. The van der Waals surface area contributed by atoms with Crippen LogP contribution >= 0.6 is 0 Å². The molecule has 0 saturated carbocycles. The van der Waals surface area contributed by atoms with Gasteiger partial charge in [0.05, 0.1) is 13.0 Å². The van der Waals surface area contributed by atoms with E-state index in [0.29, 0.717) is 18.7 Å². The van der Waals surface area contributed by atoms with Gasteiger partial charge in [0.15, 0.2) is 28.7 Å². The number of nitrogens with one attached hydrogen (secondary N) is 1. The molecule has 1 aromatic carbocycles. The highest BCUT2D eigenvalue weighted by Gasteiger charge is 2.32. The van der Waals surface area contributed by atoms with Gasteiger partial charge in [0.25, 0.3) is 0 Å². The molecule has 1 saturated heterocycles. The molecule has 0 spiro atoms. The number of hydrogen-bond donors (Lipinski definition) is 2. The highest BCUT2D eigenvalue weighted by molar-refractivity contribution is 5.99. The molecular weight excluding hydrogens is 357 g/mol.